The van der Waals surface area contributed by atoms with E-state index >= 15 is 0 Å². The molecule has 0 unspecified atom stereocenters. The molecule has 1 aromatic rings. The Morgan fingerprint density at radius 2 is 2.00 bits per heavy atom. The molecule has 1 amide bonds. The summed E-state index contributed by atoms with van der Waals surface area (Å²) >= 11 is 0. The molecule has 2 aliphatic rings. The minimum atomic E-state index is 0.222. The SMILES string of the molecule is Cc1cccc(C(=O)N2C[C@@]3(C)C[C@H]2CC(C)(C)C3)c1. The average molecular weight is 271 g/mol. The lowest BCUT2D eigenvalue weighted by Crippen LogP contribution is -2.37. The first-order valence-electron chi connectivity index (χ1n) is 7.66. The fraction of sp³-hybridized carbons (Fsp3) is 0.611. The van der Waals surface area contributed by atoms with Gasteiger partial charge in [-0.1, -0.05) is 38.5 Å². The van der Waals surface area contributed by atoms with Crippen molar-refractivity contribution in [3.05, 3.63) is 35.4 Å². The molecule has 2 heteroatoms. The molecule has 0 spiro atoms. The van der Waals surface area contributed by atoms with Crippen molar-refractivity contribution in [1.82, 2.24) is 4.90 Å². The number of carbonyl (C=O) groups is 1. The van der Waals surface area contributed by atoms with E-state index in [0.717, 1.165) is 24.1 Å². The zero-order valence-electron chi connectivity index (χ0n) is 13.1. The van der Waals surface area contributed by atoms with Crippen LogP contribution < -0.4 is 0 Å². The lowest BCUT2D eigenvalue weighted by atomic mass is 9.65. The molecule has 2 fully saturated rings. The van der Waals surface area contributed by atoms with E-state index in [1.54, 1.807) is 0 Å². The van der Waals surface area contributed by atoms with Crippen LogP contribution in [0.1, 0.15) is 56.0 Å². The van der Waals surface area contributed by atoms with Crippen molar-refractivity contribution in [2.45, 2.75) is 53.0 Å². The first-order valence-corrected chi connectivity index (χ1v) is 7.66. The summed E-state index contributed by atoms with van der Waals surface area (Å²) in [5.41, 5.74) is 2.68. The minimum absolute atomic E-state index is 0.222. The maximum Gasteiger partial charge on any atom is 0.254 e. The molecule has 2 nitrogen and oxygen atoms in total. The van der Waals surface area contributed by atoms with Gasteiger partial charge in [0.25, 0.3) is 5.91 Å². The van der Waals surface area contributed by atoms with Gasteiger partial charge in [0.2, 0.25) is 0 Å². The monoisotopic (exact) mass is 271 g/mol. The van der Waals surface area contributed by atoms with Gasteiger partial charge in [-0.2, -0.15) is 0 Å². The number of likely N-dealkylation sites (tertiary alicyclic amines) is 1. The summed E-state index contributed by atoms with van der Waals surface area (Å²) < 4.78 is 0. The molecule has 1 saturated carbocycles. The summed E-state index contributed by atoms with van der Waals surface area (Å²) in [4.78, 5) is 15.0. The zero-order chi connectivity index (χ0) is 14.5. The second-order valence-electron chi connectivity index (χ2n) is 8.02. The molecule has 1 aliphatic heterocycles. The summed E-state index contributed by atoms with van der Waals surface area (Å²) in [7, 11) is 0. The third-order valence-electron chi connectivity index (χ3n) is 4.94. The number of hydrogen-bond donors (Lipinski definition) is 0. The molecular weight excluding hydrogens is 246 g/mol. The van der Waals surface area contributed by atoms with Crippen LogP contribution in [0, 0.1) is 17.8 Å². The van der Waals surface area contributed by atoms with E-state index in [4.69, 9.17) is 0 Å². The molecule has 0 aromatic heterocycles. The van der Waals surface area contributed by atoms with E-state index in [1.807, 2.05) is 31.2 Å². The number of carbonyl (C=O) groups excluding carboxylic acids is 1. The van der Waals surface area contributed by atoms with Crippen molar-refractivity contribution in [3.8, 4) is 0 Å². The Labute approximate surface area is 122 Å². The molecule has 2 bridgehead atoms. The lowest BCUT2D eigenvalue weighted by molar-refractivity contribution is 0.0708. The molecule has 1 heterocycles. The normalized spacial score (nSPS) is 31.4. The fourth-order valence-electron chi connectivity index (χ4n) is 4.64. The predicted molar refractivity (Wildman–Crippen MR) is 81.7 cm³/mol. The number of hydrogen-bond acceptors (Lipinski definition) is 1. The largest absolute Gasteiger partial charge is 0.335 e. The highest BCUT2D eigenvalue weighted by Crippen LogP contribution is 2.52. The van der Waals surface area contributed by atoms with Crippen LogP contribution in [0.3, 0.4) is 0 Å². The van der Waals surface area contributed by atoms with E-state index < -0.39 is 0 Å². The van der Waals surface area contributed by atoms with E-state index in [0.29, 0.717) is 16.9 Å². The van der Waals surface area contributed by atoms with Crippen molar-refractivity contribution in [1.29, 1.82) is 0 Å². The van der Waals surface area contributed by atoms with Gasteiger partial charge < -0.3 is 4.90 Å². The van der Waals surface area contributed by atoms with E-state index in [2.05, 4.69) is 25.7 Å². The highest BCUT2D eigenvalue weighted by molar-refractivity contribution is 5.94. The summed E-state index contributed by atoms with van der Waals surface area (Å²) in [6.07, 6.45) is 3.54. The number of rotatable bonds is 1. The first kappa shape index (κ1) is 13.7. The molecule has 1 aromatic carbocycles. The average Bonchev–Trinajstić information content (AvgIpc) is 2.57. The van der Waals surface area contributed by atoms with Crippen molar-refractivity contribution in [2.75, 3.05) is 6.54 Å². The lowest BCUT2D eigenvalue weighted by Gasteiger charge is -2.39. The second-order valence-corrected chi connectivity index (χ2v) is 8.02. The standard InChI is InChI=1S/C18H25NO/c1-13-6-5-7-14(8-13)16(20)19-12-18(4)10-15(19)9-17(2,3)11-18/h5-8,15H,9-12H2,1-4H3/t15-,18+/m1/s1. The molecule has 1 aliphatic carbocycles. The van der Waals surface area contributed by atoms with E-state index in [-0.39, 0.29) is 5.91 Å². The van der Waals surface area contributed by atoms with Crippen molar-refractivity contribution < 1.29 is 4.79 Å². The molecular formula is C18H25NO. The Morgan fingerprint density at radius 3 is 2.70 bits per heavy atom. The zero-order valence-corrected chi connectivity index (χ0v) is 13.1. The number of aryl methyl sites for hydroxylation is 1. The minimum Gasteiger partial charge on any atom is -0.335 e. The van der Waals surface area contributed by atoms with Crippen LogP contribution in [0.15, 0.2) is 24.3 Å². The highest BCUT2D eigenvalue weighted by Gasteiger charge is 2.50. The van der Waals surface area contributed by atoms with Crippen LogP contribution in [-0.4, -0.2) is 23.4 Å². The van der Waals surface area contributed by atoms with E-state index in [9.17, 15) is 4.79 Å². The molecule has 108 valence electrons. The number of nitrogens with zero attached hydrogens (tertiary/aromatic N) is 1. The van der Waals surface area contributed by atoms with Gasteiger partial charge in [0.05, 0.1) is 0 Å². The molecule has 1 saturated heterocycles. The van der Waals surface area contributed by atoms with E-state index in [1.165, 1.54) is 12.8 Å². The molecule has 20 heavy (non-hydrogen) atoms. The molecule has 3 rings (SSSR count). The van der Waals surface area contributed by atoms with Gasteiger partial charge in [-0.25, -0.2) is 0 Å². The number of benzene rings is 1. The smallest absolute Gasteiger partial charge is 0.254 e. The van der Waals surface area contributed by atoms with Crippen molar-refractivity contribution in [2.24, 2.45) is 10.8 Å². The Morgan fingerprint density at radius 1 is 1.25 bits per heavy atom. The third kappa shape index (κ3) is 2.36. The quantitative estimate of drug-likeness (QED) is 0.755. The summed E-state index contributed by atoms with van der Waals surface area (Å²) in [6.45, 7) is 10.0. The van der Waals surface area contributed by atoms with Crippen molar-refractivity contribution in [3.63, 3.8) is 0 Å². The Kier molecular flexibility index (Phi) is 2.97. The maximum absolute atomic E-state index is 12.8. The highest BCUT2D eigenvalue weighted by atomic mass is 16.2. The van der Waals surface area contributed by atoms with Gasteiger partial charge in [-0.15, -0.1) is 0 Å². The van der Waals surface area contributed by atoms with Gasteiger partial charge >= 0.3 is 0 Å². The Hall–Kier alpha value is -1.31. The van der Waals surface area contributed by atoms with Gasteiger partial charge in [0, 0.05) is 18.2 Å². The summed E-state index contributed by atoms with van der Waals surface area (Å²) in [6, 6.07) is 8.42. The fourth-order valence-corrected chi connectivity index (χ4v) is 4.64. The Balaban J connectivity index is 1.87. The van der Waals surface area contributed by atoms with Crippen LogP contribution in [0.4, 0.5) is 0 Å². The van der Waals surface area contributed by atoms with Gasteiger partial charge in [-0.05, 0) is 49.1 Å². The van der Waals surface area contributed by atoms with Crippen LogP contribution >= 0.6 is 0 Å². The van der Waals surface area contributed by atoms with Gasteiger partial charge in [0.1, 0.15) is 0 Å². The van der Waals surface area contributed by atoms with Crippen molar-refractivity contribution >= 4 is 5.91 Å². The number of amides is 1. The molecule has 0 N–H and O–H groups in total. The molecule has 0 radical (unpaired) electrons. The van der Waals surface area contributed by atoms with Crippen LogP contribution in [-0.2, 0) is 0 Å². The molecule has 2 atom stereocenters. The topological polar surface area (TPSA) is 20.3 Å². The Bertz CT molecular complexity index is 548. The first-order chi connectivity index (χ1) is 9.28. The summed E-state index contributed by atoms with van der Waals surface area (Å²) in [5, 5.41) is 0. The second kappa shape index (κ2) is 4.34. The van der Waals surface area contributed by atoms with Crippen LogP contribution in [0.25, 0.3) is 0 Å². The number of fused-ring (bicyclic) bond motifs is 2. The third-order valence-corrected chi connectivity index (χ3v) is 4.94. The van der Waals surface area contributed by atoms with Crippen LogP contribution in [0.5, 0.6) is 0 Å². The predicted octanol–water partition coefficient (Wildman–Crippen LogP) is 4.04. The maximum atomic E-state index is 12.8. The van der Waals surface area contributed by atoms with Gasteiger partial charge in [0.15, 0.2) is 0 Å². The van der Waals surface area contributed by atoms with Crippen LogP contribution in [0.2, 0.25) is 0 Å². The summed E-state index contributed by atoms with van der Waals surface area (Å²) in [5.74, 6) is 0.222. The van der Waals surface area contributed by atoms with Gasteiger partial charge in [-0.3, -0.25) is 4.79 Å².